The van der Waals surface area contributed by atoms with E-state index < -0.39 is 0 Å². The molecule has 0 aromatic heterocycles. The topological polar surface area (TPSA) is 15.3 Å². The highest BCUT2D eigenvalue weighted by Gasteiger charge is 2.37. The Morgan fingerprint density at radius 2 is 1.87 bits per heavy atom. The Balaban J connectivity index is 1.70. The summed E-state index contributed by atoms with van der Waals surface area (Å²) in [5, 5.41) is 3.51. The molecule has 0 aromatic rings. The van der Waals surface area contributed by atoms with Gasteiger partial charge in [-0.25, -0.2) is 0 Å². The number of nitrogens with one attached hydrogen (secondary N) is 1. The van der Waals surface area contributed by atoms with Gasteiger partial charge in [0.05, 0.1) is 0 Å². The molecule has 2 saturated heterocycles. The van der Waals surface area contributed by atoms with Crippen LogP contribution in [0, 0.1) is 11.8 Å². The zero-order valence-electron chi connectivity index (χ0n) is 10.3. The molecule has 0 aromatic carbocycles. The standard InChI is InChI=1S/C13H26N2/c1-3-4-5-6-11(2)15-9-12-7-14-8-13(12)10-15/h11-14H,3-10H2,1-2H3. The molecule has 3 unspecified atom stereocenters. The van der Waals surface area contributed by atoms with Crippen molar-refractivity contribution in [2.75, 3.05) is 26.2 Å². The Morgan fingerprint density at radius 3 is 2.47 bits per heavy atom. The van der Waals surface area contributed by atoms with Gasteiger partial charge in [0, 0.05) is 19.1 Å². The minimum atomic E-state index is 0.821. The zero-order valence-corrected chi connectivity index (χ0v) is 10.3. The van der Waals surface area contributed by atoms with Crippen LogP contribution in [0.1, 0.15) is 39.5 Å². The summed E-state index contributed by atoms with van der Waals surface area (Å²) in [6.07, 6.45) is 5.58. The van der Waals surface area contributed by atoms with Gasteiger partial charge < -0.3 is 5.32 Å². The van der Waals surface area contributed by atoms with Crippen LogP contribution < -0.4 is 5.32 Å². The van der Waals surface area contributed by atoms with Gasteiger partial charge in [-0.05, 0) is 38.3 Å². The van der Waals surface area contributed by atoms with Gasteiger partial charge in [0.15, 0.2) is 0 Å². The lowest BCUT2D eigenvalue weighted by Gasteiger charge is -2.25. The fourth-order valence-corrected chi connectivity index (χ4v) is 3.12. The molecule has 2 fully saturated rings. The van der Waals surface area contributed by atoms with Gasteiger partial charge in [-0.15, -0.1) is 0 Å². The number of unbranched alkanes of at least 4 members (excludes halogenated alkanes) is 2. The molecule has 2 aliphatic heterocycles. The Hall–Kier alpha value is -0.0800. The average molecular weight is 210 g/mol. The highest BCUT2D eigenvalue weighted by atomic mass is 15.2. The number of rotatable bonds is 5. The van der Waals surface area contributed by atoms with E-state index in [1.807, 2.05) is 0 Å². The minimum absolute atomic E-state index is 0.821. The van der Waals surface area contributed by atoms with Crippen LogP contribution in [0.25, 0.3) is 0 Å². The number of fused-ring (bicyclic) bond motifs is 1. The molecule has 0 amide bonds. The van der Waals surface area contributed by atoms with Crippen LogP contribution in [0.2, 0.25) is 0 Å². The molecule has 0 bridgehead atoms. The Morgan fingerprint density at radius 1 is 1.20 bits per heavy atom. The predicted octanol–water partition coefficient (Wildman–Crippen LogP) is 2.11. The molecular weight excluding hydrogens is 184 g/mol. The SMILES string of the molecule is CCCCCC(C)N1CC2CNCC2C1. The lowest BCUT2D eigenvalue weighted by molar-refractivity contribution is 0.226. The summed E-state index contributed by atoms with van der Waals surface area (Å²) in [6.45, 7) is 9.95. The van der Waals surface area contributed by atoms with Gasteiger partial charge in [0.2, 0.25) is 0 Å². The predicted molar refractivity (Wildman–Crippen MR) is 65.0 cm³/mol. The van der Waals surface area contributed by atoms with Crippen molar-refractivity contribution in [3.8, 4) is 0 Å². The van der Waals surface area contributed by atoms with E-state index >= 15 is 0 Å². The Kier molecular flexibility index (Phi) is 4.04. The van der Waals surface area contributed by atoms with Crippen molar-refractivity contribution in [1.82, 2.24) is 10.2 Å². The monoisotopic (exact) mass is 210 g/mol. The molecule has 0 saturated carbocycles. The van der Waals surface area contributed by atoms with E-state index in [4.69, 9.17) is 0 Å². The van der Waals surface area contributed by atoms with E-state index in [-0.39, 0.29) is 0 Å². The molecule has 1 N–H and O–H groups in total. The highest BCUT2D eigenvalue weighted by Crippen LogP contribution is 2.28. The first-order valence-electron chi connectivity index (χ1n) is 6.76. The molecule has 3 atom stereocenters. The second kappa shape index (κ2) is 5.31. The van der Waals surface area contributed by atoms with E-state index in [9.17, 15) is 0 Å². The molecule has 0 spiro atoms. The maximum Gasteiger partial charge on any atom is 0.00671 e. The molecule has 0 radical (unpaired) electrons. The smallest absolute Gasteiger partial charge is 0.00671 e. The normalized spacial score (nSPS) is 33.2. The van der Waals surface area contributed by atoms with Gasteiger partial charge in [0.1, 0.15) is 0 Å². The number of hydrogen-bond acceptors (Lipinski definition) is 2. The first-order chi connectivity index (χ1) is 7.31. The van der Waals surface area contributed by atoms with Crippen molar-refractivity contribution in [2.24, 2.45) is 11.8 Å². The van der Waals surface area contributed by atoms with Crippen molar-refractivity contribution >= 4 is 0 Å². The number of likely N-dealkylation sites (tertiary alicyclic amines) is 1. The number of hydrogen-bond donors (Lipinski definition) is 1. The van der Waals surface area contributed by atoms with Crippen LogP contribution in [0.4, 0.5) is 0 Å². The molecule has 2 heteroatoms. The molecule has 0 aliphatic carbocycles. The van der Waals surface area contributed by atoms with Gasteiger partial charge >= 0.3 is 0 Å². The van der Waals surface area contributed by atoms with Crippen LogP contribution in [0.5, 0.6) is 0 Å². The fraction of sp³-hybridized carbons (Fsp3) is 1.00. The Labute approximate surface area is 94.4 Å². The zero-order chi connectivity index (χ0) is 10.7. The first-order valence-corrected chi connectivity index (χ1v) is 6.76. The van der Waals surface area contributed by atoms with E-state index in [1.165, 1.54) is 51.9 Å². The van der Waals surface area contributed by atoms with E-state index in [1.54, 1.807) is 0 Å². The second-order valence-electron chi connectivity index (χ2n) is 5.48. The van der Waals surface area contributed by atoms with Crippen molar-refractivity contribution in [2.45, 2.75) is 45.6 Å². The van der Waals surface area contributed by atoms with Crippen molar-refractivity contribution in [3.05, 3.63) is 0 Å². The van der Waals surface area contributed by atoms with Crippen molar-refractivity contribution in [1.29, 1.82) is 0 Å². The third-order valence-electron chi connectivity index (χ3n) is 4.27. The average Bonchev–Trinajstić information content (AvgIpc) is 2.76. The van der Waals surface area contributed by atoms with Gasteiger partial charge in [-0.1, -0.05) is 26.2 Å². The quantitative estimate of drug-likeness (QED) is 0.699. The maximum absolute atomic E-state index is 3.51. The molecule has 2 aliphatic rings. The summed E-state index contributed by atoms with van der Waals surface area (Å²) < 4.78 is 0. The van der Waals surface area contributed by atoms with E-state index in [2.05, 4.69) is 24.1 Å². The summed E-state index contributed by atoms with van der Waals surface area (Å²) >= 11 is 0. The third-order valence-corrected chi connectivity index (χ3v) is 4.27. The molecule has 2 nitrogen and oxygen atoms in total. The number of nitrogens with zero attached hydrogens (tertiary/aromatic N) is 1. The van der Waals surface area contributed by atoms with Gasteiger partial charge in [-0.2, -0.15) is 0 Å². The molecular formula is C13H26N2. The van der Waals surface area contributed by atoms with E-state index in [0.717, 1.165) is 17.9 Å². The van der Waals surface area contributed by atoms with Crippen molar-refractivity contribution in [3.63, 3.8) is 0 Å². The molecule has 2 rings (SSSR count). The maximum atomic E-state index is 3.51. The minimum Gasteiger partial charge on any atom is -0.316 e. The summed E-state index contributed by atoms with van der Waals surface area (Å²) in [5.74, 6) is 1.91. The van der Waals surface area contributed by atoms with Crippen LogP contribution >= 0.6 is 0 Å². The fourth-order valence-electron chi connectivity index (χ4n) is 3.12. The largest absolute Gasteiger partial charge is 0.316 e. The van der Waals surface area contributed by atoms with Crippen LogP contribution in [-0.4, -0.2) is 37.1 Å². The van der Waals surface area contributed by atoms with Gasteiger partial charge in [0.25, 0.3) is 0 Å². The highest BCUT2D eigenvalue weighted by molar-refractivity contribution is 4.92. The van der Waals surface area contributed by atoms with E-state index in [0.29, 0.717) is 0 Å². The first kappa shape index (κ1) is 11.4. The molecule has 2 heterocycles. The molecule has 15 heavy (non-hydrogen) atoms. The lowest BCUT2D eigenvalue weighted by atomic mass is 10.0. The van der Waals surface area contributed by atoms with Crippen molar-refractivity contribution < 1.29 is 0 Å². The summed E-state index contributed by atoms with van der Waals surface area (Å²) in [6, 6.07) is 0.821. The second-order valence-corrected chi connectivity index (χ2v) is 5.48. The molecule has 88 valence electrons. The van der Waals surface area contributed by atoms with Crippen LogP contribution in [0.15, 0.2) is 0 Å². The van der Waals surface area contributed by atoms with Crippen LogP contribution in [-0.2, 0) is 0 Å². The summed E-state index contributed by atoms with van der Waals surface area (Å²) in [4.78, 5) is 2.73. The third kappa shape index (κ3) is 2.73. The van der Waals surface area contributed by atoms with Crippen LogP contribution in [0.3, 0.4) is 0 Å². The summed E-state index contributed by atoms with van der Waals surface area (Å²) in [7, 11) is 0. The van der Waals surface area contributed by atoms with Gasteiger partial charge in [-0.3, -0.25) is 4.90 Å². The lowest BCUT2D eigenvalue weighted by Crippen LogP contribution is -2.33. The summed E-state index contributed by atoms with van der Waals surface area (Å²) in [5.41, 5.74) is 0. The Bertz CT molecular complexity index is 181.